The van der Waals surface area contributed by atoms with Crippen LogP contribution in [0.25, 0.3) is 0 Å². The van der Waals surface area contributed by atoms with E-state index < -0.39 is 82.8 Å². The quantitative estimate of drug-likeness (QED) is 0.0999. The van der Waals surface area contributed by atoms with Gasteiger partial charge in [0.25, 0.3) is 12.3 Å². The van der Waals surface area contributed by atoms with Crippen LogP contribution in [0.1, 0.15) is 0 Å². The molecule has 3 aromatic carbocycles. The van der Waals surface area contributed by atoms with Gasteiger partial charge in [-0.05, 0) is 12.1 Å². The number of benzene rings is 3. The predicted octanol–water partition coefficient (Wildman–Crippen LogP) is 7.59. The fourth-order valence-corrected chi connectivity index (χ4v) is 3.13. The Morgan fingerprint density at radius 2 is 0.886 bits per heavy atom. The monoisotopic (exact) mass is 656 g/mol. The third-order valence-corrected chi connectivity index (χ3v) is 5.09. The number of phenols is 2. The molecule has 8 nitrogen and oxygen atoms in total. The van der Waals surface area contributed by atoms with Gasteiger partial charge in [-0.3, -0.25) is 0 Å². The van der Waals surface area contributed by atoms with Crippen LogP contribution in [0.5, 0.6) is 46.0 Å². The molecule has 3 aromatic rings. The van der Waals surface area contributed by atoms with E-state index in [-0.39, 0.29) is 11.5 Å². The standard InChI is InChI=1S/C24H16F12N2O6/c25-19(21(27,28)29)23(33,34)43-15-7-11(5-13(37)17(15)39)41-9-2-1-3-10(4-9)42-12-6-14(38)18(40)16(8-12)44-24(35,36)20(26)22(30,31)32/h1-8,19-20,39-40H,37-38H2. The second kappa shape index (κ2) is 11.7. The van der Waals surface area contributed by atoms with Gasteiger partial charge in [0.2, 0.25) is 0 Å². The van der Waals surface area contributed by atoms with Crippen LogP contribution < -0.4 is 30.4 Å². The van der Waals surface area contributed by atoms with Gasteiger partial charge in [0.15, 0.2) is 23.0 Å². The second-order valence-electron chi connectivity index (χ2n) is 8.53. The lowest BCUT2D eigenvalue weighted by atomic mass is 10.2. The summed E-state index contributed by atoms with van der Waals surface area (Å²) < 4.78 is 174. The first-order chi connectivity index (χ1) is 20.0. The van der Waals surface area contributed by atoms with Crippen LogP contribution in [0, 0.1) is 0 Å². The third kappa shape index (κ3) is 7.78. The highest BCUT2D eigenvalue weighted by atomic mass is 19.4. The molecule has 44 heavy (non-hydrogen) atoms. The minimum atomic E-state index is -6.03. The summed E-state index contributed by atoms with van der Waals surface area (Å²) in [5.74, 6) is -7.01. The van der Waals surface area contributed by atoms with E-state index in [0.717, 1.165) is 18.2 Å². The summed E-state index contributed by atoms with van der Waals surface area (Å²) >= 11 is 0. The minimum Gasteiger partial charge on any atom is -0.503 e. The Labute approximate surface area is 236 Å². The van der Waals surface area contributed by atoms with E-state index in [1.54, 1.807) is 0 Å². The first-order valence-electron chi connectivity index (χ1n) is 11.3. The van der Waals surface area contributed by atoms with Crippen molar-refractivity contribution in [3.05, 3.63) is 48.5 Å². The van der Waals surface area contributed by atoms with Crippen molar-refractivity contribution in [2.24, 2.45) is 0 Å². The highest BCUT2D eigenvalue weighted by Crippen LogP contribution is 2.45. The number of halogens is 12. The number of hydrogen-bond donors (Lipinski definition) is 4. The van der Waals surface area contributed by atoms with Gasteiger partial charge in [0.05, 0.1) is 11.4 Å². The van der Waals surface area contributed by atoms with Gasteiger partial charge in [0, 0.05) is 30.3 Å². The molecule has 0 bridgehead atoms. The number of anilines is 2. The van der Waals surface area contributed by atoms with Crippen LogP contribution in [0.3, 0.4) is 0 Å². The fraction of sp³-hybridized carbons (Fsp3) is 0.250. The summed E-state index contributed by atoms with van der Waals surface area (Å²) in [6.45, 7) is 0. The lowest BCUT2D eigenvalue weighted by Gasteiger charge is -2.24. The van der Waals surface area contributed by atoms with Crippen molar-refractivity contribution in [2.75, 3.05) is 11.5 Å². The molecule has 0 aliphatic carbocycles. The lowest BCUT2D eigenvalue weighted by molar-refractivity contribution is -0.306. The summed E-state index contributed by atoms with van der Waals surface area (Å²) in [4.78, 5) is 0. The van der Waals surface area contributed by atoms with Crippen molar-refractivity contribution in [1.82, 2.24) is 0 Å². The molecule has 6 N–H and O–H groups in total. The predicted molar refractivity (Wildman–Crippen MR) is 125 cm³/mol. The van der Waals surface area contributed by atoms with E-state index in [1.165, 1.54) is 18.2 Å². The summed E-state index contributed by atoms with van der Waals surface area (Å²) in [7, 11) is 0. The third-order valence-electron chi connectivity index (χ3n) is 5.09. The van der Waals surface area contributed by atoms with Crippen LogP contribution in [0.15, 0.2) is 48.5 Å². The molecular weight excluding hydrogens is 640 g/mol. The summed E-state index contributed by atoms with van der Waals surface area (Å²) in [5, 5.41) is 19.6. The van der Waals surface area contributed by atoms with Gasteiger partial charge >= 0.3 is 24.6 Å². The highest BCUT2D eigenvalue weighted by Gasteiger charge is 2.60. The van der Waals surface area contributed by atoms with Gasteiger partial charge in [-0.15, -0.1) is 0 Å². The van der Waals surface area contributed by atoms with Crippen LogP contribution in [-0.4, -0.2) is 47.1 Å². The first kappa shape index (κ1) is 33.7. The largest absolute Gasteiger partial charge is 0.503 e. The summed E-state index contributed by atoms with van der Waals surface area (Å²) in [5.41, 5.74) is 9.36. The van der Waals surface area contributed by atoms with Crippen molar-refractivity contribution in [3.63, 3.8) is 0 Å². The molecule has 0 fully saturated rings. The molecule has 0 amide bonds. The van der Waals surface area contributed by atoms with Crippen LogP contribution in [0.4, 0.5) is 64.1 Å². The van der Waals surface area contributed by atoms with Crippen LogP contribution in [0.2, 0.25) is 0 Å². The van der Waals surface area contributed by atoms with E-state index in [4.69, 9.17) is 20.9 Å². The SMILES string of the molecule is Nc1cc(Oc2cccc(Oc3cc(N)c(O)c(OC(F)(F)C(F)C(F)(F)F)c3)c2)cc(OC(F)(F)C(F)C(F)(F)F)c1O. The van der Waals surface area contributed by atoms with E-state index in [1.807, 2.05) is 0 Å². The van der Waals surface area contributed by atoms with Gasteiger partial charge in [-0.1, -0.05) is 6.07 Å². The van der Waals surface area contributed by atoms with Gasteiger partial charge < -0.3 is 40.6 Å². The molecule has 0 heterocycles. The average molecular weight is 656 g/mol. The first-order valence-corrected chi connectivity index (χ1v) is 11.3. The molecular formula is C24H16F12N2O6. The molecule has 0 aliphatic rings. The Morgan fingerprint density at radius 1 is 0.545 bits per heavy atom. The number of hydrogen-bond acceptors (Lipinski definition) is 8. The zero-order valence-corrected chi connectivity index (χ0v) is 21.0. The second-order valence-corrected chi connectivity index (χ2v) is 8.53. The van der Waals surface area contributed by atoms with Crippen LogP contribution >= 0.6 is 0 Å². The fourth-order valence-electron chi connectivity index (χ4n) is 3.13. The molecule has 2 unspecified atom stereocenters. The van der Waals surface area contributed by atoms with Crippen molar-refractivity contribution >= 4 is 11.4 Å². The lowest BCUT2D eigenvalue weighted by Crippen LogP contribution is -2.45. The van der Waals surface area contributed by atoms with Gasteiger partial charge in [-0.2, -0.15) is 43.9 Å². The average Bonchev–Trinajstić information content (AvgIpc) is 2.87. The van der Waals surface area contributed by atoms with Crippen LogP contribution in [-0.2, 0) is 0 Å². The number of rotatable bonds is 10. The smallest absolute Gasteiger partial charge is 0.439 e. The van der Waals surface area contributed by atoms with Crippen molar-refractivity contribution in [2.45, 2.75) is 36.9 Å². The molecule has 0 spiro atoms. The molecule has 3 rings (SSSR count). The molecule has 242 valence electrons. The summed E-state index contributed by atoms with van der Waals surface area (Å²) in [6.07, 6.45) is -32.7. The Hall–Kier alpha value is -4.78. The Kier molecular flexibility index (Phi) is 8.98. The Bertz CT molecular complexity index is 1390. The molecule has 0 saturated heterocycles. The zero-order valence-electron chi connectivity index (χ0n) is 21.0. The number of aromatic hydroxyl groups is 2. The van der Waals surface area contributed by atoms with Crippen molar-refractivity contribution in [1.29, 1.82) is 0 Å². The molecule has 2 atom stereocenters. The zero-order chi connectivity index (χ0) is 33.4. The molecule has 20 heteroatoms. The van der Waals surface area contributed by atoms with Crippen molar-refractivity contribution < 1.29 is 81.8 Å². The maximum atomic E-state index is 13.7. The van der Waals surface area contributed by atoms with E-state index >= 15 is 0 Å². The van der Waals surface area contributed by atoms with Gasteiger partial charge in [-0.25, -0.2) is 8.78 Å². The maximum absolute atomic E-state index is 13.7. The highest BCUT2D eigenvalue weighted by molar-refractivity contribution is 5.64. The Balaban J connectivity index is 1.85. The Morgan fingerprint density at radius 3 is 1.20 bits per heavy atom. The summed E-state index contributed by atoms with van der Waals surface area (Å²) in [6, 6.07) is 7.00. The molecule has 0 radical (unpaired) electrons. The number of ether oxygens (including phenoxy) is 4. The number of alkyl halides is 12. The maximum Gasteiger partial charge on any atom is 0.439 e. The number of phenolic OH excluding ortho intramolecular Hbond substituents is 2. The molecule has 0 aromatic heterocycles. The van der Waals surface area contributed by atoms with Gasteiger partial charge in [0.1, 0.15) is 23.0 Å². The van der Waals surface area contributed by atoms with E-state index in [2.05, 4.69) is 9.47 Å². The normalized spacial score (nSPS) is 14.1. The minimum absolute atomic E-state index is 0.260. The number of nitrogens with two attached hydrogens (primary N) is 2. The van der Waals surface area contributed by atoms with E-state index in [0.29, 0.717) is 12.1 Å². The topological polar surface area (TPSA) is 129 Å². The van der Waals surface area contributed by atoms with Crippen molar-refractivity contribution in [3.8, 4) is 46.0 Å². The molecule has 0 aliphatic heterocycles. The van der Waals surface area contributed by atoms with E-state index in [9.17, 15) is 62.9 Å². The number of nitrogen functional groups attached to an aromatic ring is 2. The molecule has 0 saturated carbocycles.